The SMILES string of the molecule is Cc1cccc(-n2c(C)nn(CN3CCCCCCC3)c2=S)c1. The molecule has 0 atom stereocenters. The van der Waals surface area contributed by atoms with E-state index >= 15 is 0 Å². The molecule has 2 aromatic rings. The molecular formula is C18H26N4S. The first-order valence-corrected chi connectivity index (χ1v) is 9.02. The fourth-order valence-corrected chi connectivity index (χ4v) is 3.65. The van der Waals surface area contributed by atoms with Crippen LogP contribution in [0.2, 0.25) is 0 Å². The lowest BCUT2D eigenvalue weighted by molar-refractivity contribution is 0.187. The van der Waals surface area contributed by atoms with E-state index in [-0.39, 0.29) is 0 Å². The Kier molecular flexibility index (Phi) is 5.28. The van der Waals surface area contributed by atoms with Crippen LogP contribution in [0.5, 0.6) is 0 Å². The number of hydrogen-bond donors (Lipinski definition) is 0. The van der Waals surface area contributed by atoms with Crippen molar-refractivity contribution in [3.63, 3.8) is 0 Å². The summed E-state index contributed by atoms with van der Waals surface area (Å²) in [6.45, 7) is 7.24. The Bertz CT molecular complexity index is 708. The highest BCUT2D eigenvalue weighted by molar-refractivity contribution is 7.71. The first-order chi connectivity index (χ1) is 11.1. The van der Waals surface area contributed by atoms with Crippen LogP contribution in [0.25, 0.3) is 5.69 Å². The summed E-state index contributed by atoms with van der Waals surface area (Å²) in [5.41, 5.74) is 2.34. The van der Waals surface area contributed by atoms with Crippen LogP contribution in [0.1, 0.15) is 43.5 Å². The molecule has 2 heterocycles. The molecule has 0 saturated carbocycles. The first kappa shape index (κ1) is 16.4. The van der Waals surface area contributed by atoms with Crippen molar-refractivity contribution < 1.29 is 0 Å². The third kappa shape index (κ3) is 3.90. The third-order valence-electron chi connectivity index (χ3n) is 4.54. The van der Waals surface area contributed by atoms with Crippen molar-refractivity contribution in [2.24, 2.45) is 0 Å². The molecule has 1 saturated heterocycles. The van der Waals surface area contributed by atoms with E-state index in [1.807, 2.05) is 11.6 Å². The molecule has 1 aliphatic rings. The minimum atomic E-state index is 0.787. The van der Waals surface area contributed by atoms with Crippen LogP contribution in [0, 0.1) is 18.6 Å². The van der Waals surface area contributed by atoms with E-state index in [0.29, 0.717) is 0 Å². The second-order valence-electron chi connectivity index (χ2n) is 6.53. The first-order valence-electron chi connectivity index (χ1n) is 8.61. The van der Waals surface area contributed by atoms with Gasteiger partial charge in [-0.1, -0.05) is 31.4 Å². The van der Waals surface area contributed by atoms with Crippen molar-refractivity contribution in [3.05, 3.63) is 40.4 Å². The fourth-order valence-electron chi connectivity index (χ4n) is 3.32. The Morgan fingerprint density at radius 2 is 1.74 bits per heavy atom. The predicted octanol–water partition coefficient (Wildman–Crippen LogP) is 4.24. The van der Waals surface area contributed by atoms with Gasteiger partial charge in [-0.05, 0) is 69.7 Å². The number of nitrogens with zero attached hydrogens (tertiary/aromatic N) is 4. The van der Waals surface area contributed by atoms with Crippen LogP contribution < -0.4 is 0 Å². The van der Waals surface area contributed by atoms with Gasteiger partial charge in [0.05, 0.1) is 6.67 Å². The molecule has 3 rings (SSSR count). The Hall–Kier alpha value is -1.46. The maximum absolute atomic E-state index is 5.70. The Labute approximate surface area is 143 Å². The topological polar surface area (TPSA) is 26.0 Å². The summed E-state index contributed by atoms with van der Waals surface area (Å²) in [6, 6.07) is 8.43. The Morgan fingerprint density at radius 1 is 1.04 bits per heavy atom. The number of likely N-dealkylation sites (tertiary alicyclic amines) is 1. The van der Waals surface area contributed by atoms with Gasteiger partial charge in [0, 0.05) is 5.69 Å². The highest BCUT2D eigenvalue weighted by Crippen LogP contribution is 2.15. The molecule has 1 aromatic heterocycles. The van der Waals surface area contributed by atoms with Gasteiger partial charge in [0.1, 0.15) is 5.82 Å². The monoisotopic (exact) mass is 330 g/mol. The van der Waals surface area contributed by atoms with Gasteiger partial charge < -0.3 is 0 Å². The quantitative estimate of drug-likeness (QED) is 0.787. The van der Waals surface area contributed by atoms with Gasteiger partial charge in [-0.15, -0.1) is 0 Å². The number of benzene rings is 1. The van der Waals surface area contributed by atoms with Crippen LogP contribution in [0.3, 0.4) is 0 Å². The van der Waals surface area contributed by atoms with Crippen molar-refractivity contribution in [3.8, 4) is 5.69 Å². The molecule has 0 unspecified atom stereocenters. The molecule has 23 heavy (non-hydrogen) atoms. The van der Waals surface area contributed by atoms with Crippen molar-refractivity contribution in [1.29, 1.82) is 0 Å². The zero-order valence-electron chi connectivity index (χ0n) is 14.2. The largest absolute Gasteiger partial charge is 0.284 e. The molecule has 124 valence electrons. The highest BCUT2D eigenvalue weighted by Gasteiger charge is 2.13. The molecule has 5 heteroatoms. The molecule has 0 amide bonds. The van der Waals surface area contributed by atoms with Crippen LogP contribution in [0.4, 0.5) is 0 Å². The van der Waals surface area contributed by atoms with Crippen molar-refractivity contribution in [1.82, 2.24) is 19.2 Å². The average Bonchev–Trinajstić information content (AvgIpc) is 2.76. The van der Waals surface area contributed by atoms with E-state index in [0.717, 1.165) is 36.0 Å². The van der Waals surface area contributed by atoms with Crippen LogP contribution in [0.15, 0.2) is 24.3 Å². The maximum Gasteiger partial charge on any atom is 0.203 e. The minimum Gasteiger partial charge on any atom is -0.284 e. The summed E-state index contributed by atoms with van der Waals surface area (Å²) >= 11 is 5.70. The summed E-state index contributed by atoms with van der Waals surface area (Å²) in [5.74, 6) is 0.952. The second kappa shape index (κ2) is 7.41. The van der Waals surface area contributed by atoms with E-state index in [9.17, 15) is 0 Å². The lowest BCUT2D eigenvalue weighted by atomic mass is 10.1. The van der Waals surface area contributed by atoms with Gasteiger partial charge in [0.25, 0.3) is 0 Å². The second-order valence-corrected chi connectivity index (χ2v) is 6.90. The molecular weight excluding hydrogens is 304 g/mol. The van der Waals surface area contributed by atoms with E-state index in [1.54, 1.807) is 0 Å². The molecule has 0 aliphatic carbocycles. The number of hydrogen-bond acceptors (Lipinski definition) is 3. The summed E-state index contributed by atoms with van der Waals surface area (Å²) in [6.07, 6.45) is 6.64. The molecule has 0 bridgehead atoms. The summed E-state index contributed by atoms with van der Waals surface area (Å²) in [5, 5.41) is 4.70. The smallest absolute Gasteiger partial charge is 0.203 e. The van der Waals surface area contributed by atoms with Crippen LogP contribution >= 0.6 is 12.2 Å². The van der Waals surface area contributed by atoms with Crippen molar-refractivity contribution >= 4 is 12.2 Å². The zero-order chi connectivity index (χ0) is 16.2. The van der Waals surface area contributed by atoms with Crippen molar-refractivity contribution in [2.45, 2.75) is 52.6 Å². The lowest BCUT2D eigenvalue weighted by Gasteiger charge is -2.24. The molecule has 0 N–H and O–H groups in total. The van der Waals surface area contributed by atoms with Gasteiger partial charge >= 0.3 is 0 Å². The molecule has 0 radical (unpaired) electrons. The van der Waals surface area contributed by atoms with E-state index in [1.165, 1.54) is 37.7 Å². The van der Waals surface area contributed by atoms with Gasteiger partial charge in [-0.2, -0.15) is 5.10 Å². The number of aryl methyl sites for hydroxylation is 2. The standard InChI is InChI=1S/C18H26N4S/c1-15-9-8-10-17(13-15)22-16(2)19-21(18(22)23)14-20-11-6-4-3-5-7-12-20/h8-10,13H,3-7,11-12,14H2,1-2H3. The molecule has 1 fully saturated rings. The molecule has 1 aliphatic heterocycles. The summed E-state index contributed by atoms with van der Waals surface area (Å²) < 4.78 is 4.84. The predicted molar refractivity (Wildman–Crippen MR) is 96.5 cm³/mol. The van der Waals surface area contributed by atoms with Gasteiger partial charge in [-0.3, -0.25) is 9.47 Å². The van der Waals surface area contributed by atoms with Gasteiger partial charge in [-0.25, -0.2) is 4.68 Å². The van der Waals surface area contributed by atoms with E-state index in [2.05, 4.69) is 40.7 Å². The normalized spacial score (nSPS) is 17.0. The Morgan fingerprint density at radius 3 is 2.43 bits per heavy atom. The van der Waals surface area contributed by atoms with E-state index < -0.39 is 0 Å². The van der Waals surface area contributed by atoms with E-state index in [4.69, 9.17) is 17.3 Å². The molecule has 1 aromatic carbocycles. The zero-order valence-corrected chi connectivity index (χ0v) is 15.0. The Balaban J connectivity index is 1.84. The van der Waals surface area contributed by atoms with Gasteiger partial charge in [0.15, 0.2) is 0 Å². The lowest BCUT2D eigenvalue weighted by Crippen LogP contribution is -2.30. The van der Waals surface area contributed by atoms with Crippen molar-refractivity contribution in [2.75, 3.05) is 13.1 Å². The molecule has 4 nitrogen and oxygen atoms in total. The minimum absolute atomic E-state index is 0.787. The van der Waals surface area contributed by atoms with Crippen LogP contribution in [-0.4, -0.2) is 32.3 Å². The summed E-state index contributed by atoms with van der Waals surface area (Å²) in [4.78, 5) is 2.49. The third-order valence-corrected chi connectivity index (χ3v) is 4.94. The highest BCUT2D eigenvalue weighted by atomic mass is 32.1. The number of aromatic nitrogens is 3. The fraction of sp³-hybridized carbons (Fsp3) is 0.556. The summed E-state index contributed by atoms with van der Waals surface area (Å²) in [7, 11) is 0. The number of rotatable bonds is 3. The molecule has 0 spiro atoms. The van der Waals surface area contributed by atoms with Crippen LogP contribution in [-0.2, 0) is 6.67 Å². The average molecular weight is 331 g/mol. The maximum atomic E-state index is 5.70. The van der Waals surface area contributed by atoms with Gasteiger partial charge in [0.2, 0.25) is 4.77 Å².